The third-order valence-corrected chi connectivity index (χ3v) is 4.99. The van der Waals surface area contributed by atoms with Crippen molar-refractivity contribution in [2.45, 2.75) is 44.7 Å². The molecule has 108 valence electrons. The normalized spacial score (nSPS) is 13.5. The van der Waals surface area contributed by atoms with Crippen molar-refractivity contribution < 1.29 is 8.42 Å². The molecule has 0 aliphatic rings. The SMILES string of the molecule is CCC(C)NS(=O)(=O)c1cc(Cl)cc(CNC)c1C. The van der Waals surface area contributed by atoms with Gasteiger partial charge in [0.15, 0.2) is 0 Å². The van der Waals surface area contributed by atoms with E-state index in [1.54, 1.807) is 13.0 Å². The molecule has 1 aromatic rings. The largest absolute Gasteiger partial charge is 0.316 e. The highest BCUT2D eigenvalue weighted by atomic mass is 35.5. The molecule has 0 saturated heterocycles. The molecule has 0 radical (unpaired) electrons. The molecule has 0 aliphatic heterocycles. The van der Waals surface area contributed by atoms with Gasteiger partial charge in [-0.05, 0) is 50.6 Å². The molecule has 0 bridgehead atoms. The Morgan fingerprint density at radius 2 is 2.00 bits per heavy atom. The zero-order valence-corrected chi connectivity index (χ0v) is 13.3. The van der Waals surface area contributed by atoms with Crippen LogP contribution in [-0.4, -0.2) is 21.5 Å². The lowest BCUT2D eigenvalue weighted by atomic mass is 10.1. The van der Waals surface area contributed by atoms with Crippen molar-refractivity contribution >= 4 is 21.6 Å². The van der Waals surface area contributed by atoms with Gasteiger partial charge in [0.2, 0.25) is 10.0 Å². The van der Waals surface area contributed by atoms with E-state index in [4.69, 9.17) is 11.6 Å². The topological polar surface area (TPSA) is 58.2 Å². The Hall–Kier alpha value is -0.620. The molecule has 0 aromatic heterocycles. The van der Waals surface area contributed by atoms with Crippen molar-refractivity contribution in [3.8, 4) is 0 Å². The first kappa shape index (κ1) is 16.4. The van der Waals surface area contributed by atoms with Gasteiger partial charge in [-0.1, -0.05) is 18.5 Å². The van der Waals surface area contributed by atoms with Crippen LogP contribution in [0.25, 0.3) is 0 Å². The van der Waals surface area contributed by atoms with Gasteiger partial charge in [0.05, 0.1) is 4.90 Å². The molecule has 4 nitrogen and oxygen atoms in total. The highest BCUT2D eigenvalue weighted by Gasteiger charge is 2.21. The molecule has 1 unspecified atom stereocenters. The summed E-state index contributed by atoms with van der Waals surface area (Å²) >= 11 is 6.01. The number of hydrogen-bond donors (Lipinski definition) is 2. The van der Waals surface area contributed by atoms with Crippen molar-refractivity contribution in [3.63, 3.8) is 0 Å². The van der Waals surface area contributed by atoms with E-state index < -0.39 is 10.0 Å². The molecular weight excluding hydrogens is 284 g/mol. The summed E-state index contributed by atoms with van der Waals surface area (Å²) in [4.78, 5) is 0.255. The van der Waals surface area contributed by atoms with Crippen molar-refractivity contribution in [2.75, 3.05) is 7.05 Å². The van der Waals surface area contributed by atoms with E-state index in [2.05, 4.69) is 10.0 Å². The number of nitrogens with one attached hydrogen (secondary N) is 2. The number of sulfonamides is 1. The van der Waals surface area contributed by atoms with Gasteiger partial charge in [0.25, 0.3) is 0 Å². The standard InChI is InChI=1S/C13H21ClN2O2S/c1-5-9(2)16-19(17,18)13-7-12(14)6-11(8-15-4)10(13)3/h6-7,9,15-16H,5,8H2,1-4H3. The average molecular weight is 305 g/mol. The van der Waals surface area contributed by atoms with Crippen LogP contribution in [0.4, 0.5) is 0 Å². The molecular formula is C13H21ClN2O2S. The molecule has 0 saturated carbocycles. The fraction of sp³-hybridized carbons (Fsp3) is 0.538. The van der Waals surface area contributed by atoms with Crippen LogP contribution in [0.15, 0.2) is 17.0 Å². The van der Waals surface area contributed by atoms with Crippen LogP contribution in [0.5, 0.6) is 0 Å². The molecule has 0 fully saturated rings. The average Bonchev–Trinajstić information content (AvgIpc) is 2.32. The summed E-state index contributed by atoms with van der Waals surface area (Å²) in [6, 6.07) is 3.19. The van der Waals surface area contributed by atoms with Crippen LogP contribution in [0.2, 0.25) is 5.02 Å². The van der Waals surface area contributed by atoms with Gasteiger partial charge < -0.3 is 5.32 Å². The summed E-state index contributed by atoms with van der Waals surface area (Å²) in [7, 11) is -1.72. The van der Waals surface area contributed by atoms with E-state index >= 15 is 0 Å². The van der Waals surface area contributed by atoms with Gasteiger partial charge in [-0.25, -0.2) is 13.1 Å². The summed E-state index contributed by atoms with van der Waals surface area (Å²) in [5.74, 6) is 0. The minimum absolute atomic E-state index is 0.101. The van der Waals surface area contributed by atoms with E-state index in [0.717, 1.165) is 17.5 Å². The Balaban J connectivity index is 3.26. The molecule has 0 amide bonds. The van der Waals surface area contributed by atoms with Crippen LogP contribution in [0, 0.1) is 6.92 Å². The number of rotatable bonds is 6. The van der Waals surface area contributed by atoms with Crippen LogP contribution in [-0.2, 0) is 16.6 Å². The number of benzene rings is 1. The zero-order valence-electron chi connectivity index (χ0n) is 11.7. The van der Waals surface area contributed by atoms with Gasteiger partial charge in [-0.15, -0.1) is 0 Å². The zero-order chi connectivity index (χ0) is 14.6. The third kappa shape index (κ3) is 4.18. The maximum atomic E-state index is 12.3. The van der Waals surface area contributed by atoms with E-state index in [1.165, 1.54) is 6.07 Å². The van der Waals surface area contributed by atoms with Crippen molar-refractivity contribution in [2.24, 2.45) is 0 Å². The molecule has 0 spiro atoms. The Morgan fingerprint density at radius 1 is 1.37 bits per heavy atom. The van der Waals surface area contributed by atoms with Crippen molar-refractivity contribution in [1.29, 1.82) is 0 Å². The molecule has 19 heavy (non-hydrogen) atoms. The lowest BCUT2D eigenvalue weighted by Gasteiger charge is -2.16. The fourth-order valence-electron chi connectivity index (χ4n) is 1.77. The second kappa shape index (κ2) is 6.70. The highest BCUT2D eigenvalue weighted by Crippen LogP contribution is 2.24. The maximum absolute atomic E-state index is 12.3. The lowest BCUT2D eigenvalue weighted by molar-refractivity contribution is 0.555. The van der Waals surface area contributed by atoms with Gasteiger partial charge in [0, 0.05) is 17.6 Å². The van der Waals surface area contributed by atoms with Gasteiger partial charge in [-0.2, -0.15) is 0 Å². The summed E-state index contributed by atoms with van der Waals surface area (Å²) in [6.45, 7) is 6.16. The fourth-order valence-corrected chi connectivity index (χ4v) is 3.72. The molecule has 1 aromatic carbocycles. The quantitative estimate of drug-likeness (QED) is 0.849. The van der Waals surface area contributed by atoms with Gasteiger partial charge in [-0.3, -0.25) is 0 Å². The van der Waals surface area contributed by atoms with Crippen LogP contribution < -0.4 is 10.0 Å². The Labute approximate surface area is 120 Å². The minimum Gasteiger partial charge on any atom is -0.316 e. The molecule has 6 heteroatoms. The lowest BCUT2D eigenvalue weighted by Crippen LogP contribution is -2.32. The molecule has 0 heterocycles. The van der Waals surface area contributed by atoms with Gasteiger partial charge in [0.1, 0.15) is 0 Å². The molecule has 2 N–H and O–H groups in total. The van der Waals surface area contributed by atoms with E-state index in [1.807, 2.05) is 20.9 Å². The Morgan fingerprint density at radius 3 is 2.53 bits per heavy atom. The molecule has 0 aliphatic carbocycles. The van der Waals surface area contributed by atoms with Crippen LogP contribution >= 0.6 is 11.6 Å². The summed E-state index contributed by atoms with van der Waals surface area (Å²) in [6.07, 6.45) is 0.738. The van der Waals surface area contributed by atoms with E-state index in [0.29, 0.717) is 11.6 Å². The first-order valence-corrected chi connectivity index (χ1v) is 8.13. The second-order valence-corrected chi connectivity index (χ2v) is 6.77. The second-order valence-electron chi connectivity index (χ2n) is 4.65. The van der Waals surface area contributed by atoms with E-state index in [9.17, 15) is 8.42 Å². The predicted molar refractivity (Wildman–Crippen MR) is 79.0 cm³/mol. The van der Waals surface area contributed by atoms with E-state index in [-0.39, 0.29) is 10.9 Å². The van der Waals surface area contributed by atoms with Crippen molar-refractivity contribution in [3.05, 3.63) is 28.3 Å². The summed E-state index contributed by atoms with van der Waals surface area (Å²) < 4.78 is 27.3. The monoisotopic (exact) mass is 304 g/mol. The Kier molecular flexibility index (Phi) is 5.80. The van der Waals surface area contributed by atoms with Crippen LogP contribution in [0.3, 0.4) is 0 Å². The maximum Gasteiger partial charge on any atom is 0.241 e. The minimum atomic E-state index is -3.53. The Bertz CT molecular complexity index is 544. The summed E-state index contributed by atoms with van der Waals surface area (Å²) in [5, 5.41) is 3.44. The van der Waals surface area contributed by atoms with Crippen LogP contribution in [0.1, 0.15) is 31.4 Å². The smallest absolute Gasteiger partial charge is 0.241 e. The van der Waals surface area contributed by atoms with Gasteiger partial charge >= 0.3 is 0 Å². The predicted octanol–water partition coefficient (Wildman–Crippen LogP) is 2.44. The molecule has 1 atom stereocenters. The highest BCUT2D eigenvalue weighted by molar-refractivity contribution is 7.89. The first-order valence-electron chi connectivity index (χ1n) is 6.27. The first-order chi connectivity index (χ1) is 8.81. The summed E-state index contributed by atoms with van der Waals surface area (Å²) in [5.41, 5.74) is 1.62. The number of halogens is 1. The van der Waals surface area contributed by atoms with Crippen molar-refractivity contribution in [1.82, 2.24) is 10.0 Å². The third-order valence-electron chi connectivity index (χ3n) is 3.06. The molecule has 1 rings (SSSR count). The number of hydrogen-bond acceptors (Lipinski definition) is 3.